The molecule has 0 spiro atoms. The number of Topliss-reactive ketones (excluding diaryl/α,β-unsaturated/α-hetero) is 1. The minimum absolute atomic E-state index is 0.0106. The fourth-order valence-corrected chi connectivity index (χ4v) is 3.95. The Kier molecular flexibility index (Phi) is 7.05. The fraction of sp³-hybridized carbons (Fsp3) is 0.435. The number of carbonyl (C=O) groups excluding carboxylic acids is 3. The summed E-state index contributed by atoms with van der Waals surface area (Å²) in [4.78, 5) is 42.4. The maximum atomic E-state index is 12.9. The van der Waals surface area contributed by atoms with Gasteiger partial charge in [-0.25, -0.2) is 4.79 Å². The molecular weight excluding hydrogens is 382 g/mol. The van der Waals surface area contributed by atoms with E-state index in [-0.39, 0.29) is 24.3 Å². The molecule has 3 rings (SSSR count). The van der Waals surface area contributed by atoms with Gasteiger partial charge < -0.3 is 15.0 Å². The van der Waals surface area contributed by atoms with E-state index in [1.54, 1.807) is 32.9 Å². The first-order valence-corrected chi connectivity index (χ1v) is 10.4. The second kappa shape index (κ2) is 9.71. The van der Waals surface area contributed by atoms with Gasteiger partial charge in [-0.1, -0.05) is 18.2 Å². The predicted molar refractivity (Wildman–Crippen MR) is 114 cm³/mol. The molecule has 30 heavy (non-hydrogen) atoms. The number of likely N-dealkylation sites (tertiary alicyclic amines) is 1. The normalized spacial score (nSPS) is 15.0. The van der Waals surface area contributed by atoms with Gasteiger partial charge in [0.1, 0.15) is 5.69 Å². The highest BCUT2D eigenvalue weighted by atomic mass is 16.5. The number of aryl methyl sites for hydroxylation is 1. The highest BCUT2D eigenvalue weighted by Crippen LogP contribution is 2.21. The molecule has 7 heteroatoms. The van der Waals surface area contributed by atoms with Crippen LogP contribution in [0.5, 0.6) is 0 Å². The molecule has 2 N–H and O–H groups in total. The Morgan fingerprint density at radius 2 is 1.80 bits per heavy atom. The third kappa shape index (κ3) is 4.97. The van der Waals surface area contributed by atoms with Crippen LogP contribution in [0.3, 0.4) is 0 Å². The van der Waals surface area contributed by atoms with E-state index in [0.29, 0.717) is 34.6 Å². The van der Waals surface area contributed by atoms with Crippen molar-refractivity contribution in [3.05, 3.63) is 58.4 Å². The fourth-order valence-electron chi connectivity index (χ4n) is 3.95. The van der Waals surface area contributed by atoms with Crippen LogP contribution in [0.15, 0.2) is 30.3 Å². The number of rotatable bonds is 7. The molecule has 160 valence electrons. The Hall–Kier alpha value is -2.93. The van der Waals surface area contributed by atoms with Crippen LogP contribution >= 0.6 is 0 Å². The van der Waals surface area contributed by atoms with E-state index in [4.69, 9.17) is 4.74 Å². The molecule has 1 saturated heterocycles. The summed E-state index contributed by atoms with van der Waals surface area (Å²) < 4.78 is 5.06. The molecule has 0 atom stereocenters. The largest absolute Gasteiger partial charge is 0.461 e. The van der Waals surface area contributed by atoms with E-state index in [0.717, 1.165) is 25.9 Å². The number of hydrogen-bond acceptors (Lipinski definition) is 5. The summed E-state index contributed by atoms with van der Waals surface area (Å²) in [6.07, 6.45) is 1.59. The lowest BCUT2D eigenvalue weighted by atomic mass is 10.0. The molecule has 1 amide bonds. The van der Waals surface area contributed by atoms with Gasteiger partial charge in [0.05, 0.1) is 13.2 Å². The molecule has 1 aliphatic rings. The van der Waals surface area contributed by atoms with Crippen molar-refractivity contribution in [2.45, 2.75) is 39.7 Å². The summed E-state index contributed by atoms with van der Waals surface area (Å²) in [6.45, 7) is 7.37. The maximum absolute atomic E-state index is 12.9. The van der Waals surface area contributed by atoms with Gasteiger partial charge in [-0.2, -0.15) is 0 Å². The van der Waals surface area contributed by atoms with Crippen LogP contribution in [-0.4, -0.2) is 59.8 Å². The highest BCUT2D eigenvalue weighted by Gasteiger charge is 2.26. The number of benzene rings is 1. The lowest BCUT2D eigenvalue weighted by molar-refractivity contribution is 0.0519. The molecule has 0 saturated carbocycles. The summed E-state index contributed by atoms with van der Waals surface area (Å²) in [7, 11) is 0. The van der Waals surface area contributed by atoms with Gasteiger partial charge in [-0.15, -0.1) is 0 Å². The standard InChI is InChI=1S/C23H29N3O4/c1-4-30-23(29)21-15(2)20(16(3)24-21)19(27)14-26-12-10-18(11-13-26)25-22(28)17-8-6-5-7-9-17/h5-9,18,24H,4,10-14H2,1-3H3,(H,25,28). The Balaban J connectivity index is 1.54. The van der Waals surface area contributed by atoms with Gasteiger partial charge in [-0.3, -0.25) is 14.5 Å². The number of aromatic nitrogens is 1. The number of H-pyrrole nitrogens is 1. The zero-order valence-electron chi connectivity index (χ0n) is 17.8. The van der Waals surface area contributed by atoms with E-state index in [1.807, 2.05) is 18.2 Å². The molecule has 0 radical (unpaired) electrons. The van der Waals surface area contributed by atoms with Crippen LogP contribution in [0.25, 0.3) is 0 Å². The van der Waals surface area contributed by atoms with Crippen molar-refractivity contribution < 1.29 is 19.1 Å². The van der Waals surface area contributed by atoms with Crippen LogP contribution in [0.4, 0.5) is 0 Å². The number of nitrogens with zero attached hydrogens (tertiary/aromatic N) is 1. The van der Waals surface area contributed by atoms with Crippen LogP contribution in [-0.2, 0) is 4.74 Å². The lowest BCUT2D eigenvalue weighted by Crippen LogP contribution is -2.46. The molecule has 0 unspecified atom stereocenters. The number of carbonyl (C=O) groups is 3. The summed E-state index contributed by atoms with van der Waals surface area (Å²) in [5.41, 5.74) is 2.90. The number of esters is 1. The summed E-state index contributed by atoms with van der Waals surface area (Å²) in [5, 5.41) is 3.08. The average Bonchev–Trinajstić information content (AvgIpc) is 3.04. The van der Waals surface area contributed by atoms with Crippen molar-refractivity contribution >= 4 is 17.7 Å². The highest BCUT2D eigenvalue weighted by molar-refractivity contribution is 6.03. The summed E-state index contributed by atoms with van der Waals surface area (Å²) in [6, 6.07) is 9.29. The van der Waals surface area contributed by atoms with E-state index >= 15 is 0 Å². The van der Waals surface area contributed by atoms with E-state index in [9.17, 15) is 14.4 Å². The molecule has 7 nitrogen and oxygen atoms in total. The van der Waals surface area contributed by atoms with Gasteiger partial charge in [-0.05, 0) is 51.3 Å². The van der Waals surface area contributed by atoms with Gasteiger partial charge in [0.25, 0.3) is 5.91 Å². The molecule has 1 aromatic heterocycles. The van der Waals surface area contributed by atoms with E-state index in [2.05, 4.69) is 15.2 Å². The van der Waals surface area contributed by atoms with Crippen LogP contribution in [0.2, 0.25) is 0 Å². The van der Waals surface area contributed by atoms with Gasteiger partial charge >= 0.3 is 5.97 Å². The molecule has 0 bridgehead atoms. The Labute approximate surface area is 176 Å². The van der Waals surface area contributed by atoms with Crippen molar-refractivity contribution in [3.63, 3.8) is 0 Å². The molecule has 1 aromatic carbocycles. The SMILES string of the molecule is CCOC(=O)c1[nH]c(C)c(C(=O)CN2CCC(NC(=O)c3ccccc3)CC2)c1C. The molecule has 2 heterocycles. The Bertz CT molecular complexity index is 912. The van der Waals surface area contributed by atoms with Crippen molar-refractivity contribution in [1.82, 2.24) is 15.2 Å². The number of amides is 1. The topological polar surface area (TPSA) is 91.5 Å². The van der Waals surface area contributed by atoms with E-state index in [1.165, 1.54) is 0 Å². The molecule has 1 aliphatic heterocycles. The van der Waals surface area contributed by atoms with Crippen LogP contribution < -0.4 is 5.32 Å². The molecule has 1 fully saturated rings. The zero-order valence-corrected chi connectivity index (χ0v) is 17.8. The number of piperidine rings is 1. The third-order valence-electron chi connectivity index (χ3n) is 5.52. The number of ketones is 1. The quantitative estimate of drug-likeness (QED) is 0.540. The first-order valence-electron chi connectivity index (χ1n) is 10.4. The molecular formula is C23H29N3O4. The van der Waals surface area contributed by atoms with Crippen LogP contribution in [0, 0.1) is 13.8 Å². The Morgan fingerprint density at radius 3 is 2.43 bits per heavy atom. The summed E-state index contributed by atoms with van der Waals surface area (Å²) in [5.74, 6) is -0.508. The summed E-state index contributed by atoms with van der Waals surface area (Å²) >= 11 is 0. The number of hydrogen-bond donors (Lipinski definition) is 2. The minimum atomic E-state index is -0.438. The van der Waals surface area contributed by atoms with E-state index < -0.39 is 5.97 Å². The number of nitrogens with one attached hydrogen (secondary N) is 2. The van der Waals surface area contributed by atoms with Gasteiger partial charge in [0.15, 0.2) is 5.78 Å². The average molecular weight is 412 g/mol. The van der Waals surface area contributed by atoms with Crippen molar-refractivity contribution in [2.75, 3.05) is 26.2 Å². The van der Waals surface area contributed by atoms with Crippen molar-refractivity contribution in [1.29, 1.82) is 0 Å². The third-order valence-corrected chi connectivity index (χ3v) is 5.52. The second-order valence-electron chi connectivity index (χ2n) is 7.66. The van der Waals surface area contributed by atoms with Gasteiger partial charge in [0.2, 0.25) is 0 Å². The van der Waals surface area contributed by atoms with Crippen molar-refractivity contribution in [2.24, 2.45) is 0 Å². The monoisotopic (exact) mass is 411 g/mol. The first-order chi connectivity index (χ1) is 14.4. The lowest BCUT2D eigenvalue weighted by Gasteiger charge is -2.32. The maximum Gasteiger partial charge on any atom is 0.355 e. The Morgan fingerprint density at radius 1 is 1.13 bits per heavy atom. The molecule has 0 aliphatic carbocycles. The minimum Gasteiger partial charge on any atom is -0.461 e. The number of ether oxygens (including phenoxy) is 1. The van der Waals surface area contributed by atoms with Crippen molar-refractivity contribution in [3.8, 4) is 0 Å². The smallest absolute Gasteiger partial charge is 0.355 e. The first kappa shape index (κ1) is 21.8. The number of aromatic amines is 1. The zero-order chi connectivity index (χ0) is 21.7. The second-order valence-corrected chi connectivity index (χ2v) is 7.66. The molecule has 2 aromatic rings. The van der Waals surface area contributed by atoms with Crippen LogP contribution in [0.1, 0.15) is 62.2 Å². The predicted octanol–water partition coefficient (Wildman–Crippen LogP) is 2.89. The van der Waals surface area contributed by atoms with Gasteiger partial charge in [0, 0.05) is 36.0 Å².